The third-order valence-electron chi connectivity index (χ3n) is 5.39. The molecule has 2 aromatic carbocycles. The SMILES string of the molecule is Fc1ccc(CN2CCC(Oc3ccccc3-c3nc(-c4ccncc4)no3)C2)cc1F. The molecule has 1 unspecified atom stereocenters. The zero-order valence-electron chi connectivity index (χ0n) is 17.1. The summed E-state index contributed by atoms with van der Waals surface area (Å²) < 4.78 is 38.4. The summed E-state index contributed by atoms with van der Waals surface area (Å²) >= 11 is 0. The lowest BCUT2D eigenvalue weighted by atomic mass is 10.2. The van der Waals surface area contributed by atoms with Crippen LogP contribution in [0.4, 0.5) is 8.78 Å². The molecule has 5 rings (SSSR count). The first-order valence-electron chi connectivity index (χ1n) is 10.3. The zero-order chi connectivity index (χ0) is 21.9. The number of pyridine rings is 1. The number of hydrogen-bond donors (Lipinski definition) is 0. The number of para-hydroxylation sites is 1. The number of nitrogens with zero attached hydrogens (tertiary/aromatic N) is 4. The van der Waals surface area contributed by atoms with Gasteiger partial charge in [-0.1, -0.05) is 23.4 Å². The van der Waals surface area contributed by atoms with Gasteiger partial charge in [0.15, 0.2) is 11.6 Å². The molecule has 8 heteroatoms. The quantitative estimate of drug-likeness (QED) is 0.437. The van der Waals surface area contributed by atoms with Crippen molar-refractivity contribution in [1.82, 2.24) is 20.0 Å². The normalized spacial score (nSPS) is 16.4. The van der Waals surface area contributed by atoms with Crippen molar-refractivity contribution in [2.24, 2.45) is 0 Å². The Balaban J connectivity index is 1.28. The first-order chi connectivity index (χ1) is 15.7. The van der Waals surface area contributed by atoms with E-state index >= 15 is 0 Å². The summed E-state index contributed by atoms with van der Waals surface area (Å²) in [5.74, 6) is -0.132. The Kier molecular flexibility index (Phi) is 5.60. The van der Waals surface area contributed by atoms with E-state index in [-0.39, 0.29) is 6.10 Å². The third kappa shape index (κ3) is 4.36. The molecule has 1 aliphatic rings. The highest BCUT2D eigenvalue weighted by molar-refractivity contribution is 5.65. The molecule has 1 atom stereocenters. The van der Waals surface area contributed by atoms with Crippen molar-refractivity contribution < 1.29 is 18.0 Å². The van der Waals surface area contributed by atoms with Crippen LogP contribution in [-0.2, 0) is 6.54 Å². The molecule has 0 bridgehead atoms. The highest BCUT2D eigenvalue weighted by atomic mass is 19.2. The monoisotopic (exact) mass is 434 g/mol. The maximum atomic E-state index is 13.5. The van der Waals surface area contributed by atoms with Crippen molar-refractivity contribution in [1.29, 1.82) is 0 Å². The Morgan fingerprint density at radius 1 is 1.03 bits per heavy atom. The van der Waals surface area contributed by atoms with Crippen LogP contribution in [-0.4, -0.2) is 39.2 Å². The maximum Gasteiger partial charge on any atom is 0.262 e. The van der Waals surface area contributed by atoms with Gasteiger partial charge >= 0.3 is 0 Å². The fraction of sp³-hybridized carbons (Fsp3) is 0.208. The van der Waals surface area contributed by atoms with Crippen molar-refractivity contribution in [2.75, 3.05) is 13.1 Å². The second-order valence-corrected chi connectivity index (χ2v) is 7.67. The predicted molar refractivity (Wildman–Crippen MR) is 114 cm³/mol. The summed E-state index contributed by atoms with van der Waals surface area (Å²) in [5.41, 5.74) is 2.27. The minimum Gasteiger partial charge on any atom is -0.488 e. The van der Waals surface area contributed by atoms with Gasteiger partial charge in [0, 0.05) is 37.6 Å². The molecule has 0 spiro atoms. The Bertz CT molecular complexity index is 1220. The van der Waals surface area contributed by atoms with E-state index in [2.05, 4.69) is 20.0 Å². The van der Waals surface area contributed by atoms with E-state index < -0.39 is 11.6 Å². The average molecular weight is 434 g/mol. The second-order valence-electron chi connectivity index (χ2n) is 7.67. The molecule has 1 aliphatic heterocycles. The van der Waals surface area contributed by atoms with Crippen molar-refractivity contribution in [3.8, 4) is 28.6 Å². The van der Waals surface area contributed by atoms with Crippen molar-refractivity contribution in [3.63, 3.8) is 0 Å². The molecule has 0 radical (unpaired) electrons. The van der Waals surface area contributed by atoms with E-state index in [0.29, 0.717) is 30.6 Å². The molecule has 4 aromatic rings. The molecule has 3 heterocycles. The van der Waals surface area contributed by atoms with E-state index in [1.807, 2.05) is 36.4 Å². The molecule has 32 heavy (non-hydrogen) atoms. The van der Waals surface area contributed by atoms with E-state index in [1.54, 1.807) is 18.5 Å². The van der Waals surface area contributed by atoms with Crippen molar-refractivity contribution >= 4 is 0 Å². The molecular weight excluding hydrogens is 414 g/mol. The van der Waals surface area contributed by atoms with Crippen LogP contribution in [0.15, 0.2) is 71.5 Å². The van der Waals surface area contributed by atoms with Gasteiger partial charge in [-0.15, -0.1) is 0 Å². The second kappa shape index (κ2) is 8.84. The topological polar surface area (TPSA) is 64.3 Å². The van der Waals surface area contributed by atoms with Gasteiger partial charge in [0.2, 0.25) is 5.82 Å². The van der Waals surface area contributed by atoms with Crippen molar-refractivity contribution in [3.05, 3.63) is 84.2 Å². The first-order valence-corrected chi connectivity index (χ1v) is 10.3. The fourth-order valence-corrected chi connectivity index (χ4v) is 3.81. The van der Waals surface area contributed by atoms with Gasteiger partial charge < -0.3 is 9.26 Å². The highest BCUT2D eigenvalue weighted by Crippen LogP contribution is 2.32. The summed E-state index contributed by atoms with van der Waals surface area (Å²) in [6, 6.07) is 15.2. The molecule has 0 saturated carbocycles. The lowest BCUT2D eigenvalue weighted by molar-refractivity contribution is 0.198. The van der Waals surface area contributed by atoms with Crippen LogP contribution in [0.3, 0.4) is 0 Å². The Labute approximate surface area is 183 Å². The lowest BCUT2D eigenvalue weighted by Crippen LogP contribution is -2.24. The maximum absolute atomic E-state index is 13.5. The Morgan fingerprint density at radius 2 is 1.88 bits per heavy atom. The third-order valence-corrected chi connectivity index (χ3v) is 5.39. The van der Waals surface area contributed by atoms with Gasteiger partial charge in [-0.25, -0.2) is 8.78 Å². The van der Waals surface area contributed by atoms with Crippen LogP contribution < -0.4 is 4.74 Å². The van der Waals surface area contributed by atoms with E-state index in [0.717, 1.165) is 35.7 Å². The predicted octanol–water partition coefficient (Wildman–Crippen LogP) is 4.73. The summed E-state index contributed by atoms with van der Waals surface area (Å²) in [6.45, 7) is 2.02. The summed E-state index contributed by atoms with van der Waals surface area (Å²) in [6.07, 6.45) is 4.14. The van der Waals surface area contributed by atoms with Crippen LogP contribution in [0.2, 0.25) is 0 Å². The summed E-state index contributed by atoms with van der Waals surface area (Å²) in [7, 11) is 0. The van der Waals surface area contributed by atoms with Crippen LogP contribution >= 0.6 is 0 Å². The van der Waals surface area contributed by atoms with Gasteiger partial charge in [0.25, 0.3) is 5.89 Å². The van der Waals surface area contributed by atoms with Gasteiger partial charge in [0.1, 0.15) is 11.9 Å². The van der Waals surface area contributed by atoms with Gasteiger partial charge in [0.05, 0.1) is 5.56 Å². The fourth-order valence-electron chi connectivity index (χ4n) is 3.81. The molecule has 2 aromatic heterocycles. The lowest BCUT2D eigenvalue weighted by Gasteiger charge is -2.18. The highest BCUT2D eigenvalue weighted by Gasteiger charge is 2.26. The van der Waals surface area contributed by atoms with Gasteiger partial charge in [-0.3, -0.25) is 9.88 Å². The molecule has 6 nitrogen and oxygen atoms in total. The number of aromatic nitrogens is 3. The van der Waals surface area contributed by atoms with E-state index in [9.17, 15) is 8.78 Å². The number of hydrogen-bond acceptors (Lipinski definition) is 6. The zero-order valence-corrected chi connectivity index (χ0v) is 17.1. The number of likely N-dealkylation sites (tertiary alicyclic amines) is 1. The van der Waals surface area contributed by atoms with Crippen LogP contribution in [0.5, 0.6) is 5.75 Å². The van der Waals surface area contributed by atoms with Crippen molar-refractivity contribution in [2.45, 2.75) is 19.1 Å². The largest absolute Gasteiger partial charge is 0.488 e. The molecular formula is C24H20F2N4O2. The van der Waals surface area contributed by atoms with Gasteiger partial charge in [-0.2, -0.15) is 4.98 Å². The van der Waals surface area contributed by atoms with E-state index in [1.165, 1.54) is 6.07 Å². The smallest absolute Gasteiger partial charge is 0.262 e. The molecule has 0 aliphatic carbocycles. The molecule has 0 N–H and O–H groups in total. The molecule has 162 valence electrons. The number of ether oxygens (including phenoxy) is 1. The summed E-state index contributed by atoms with van der Waals surface area (Å²) in [5, 5.41) is 4.07. The number of rotatable bonds is 6. The first kappa shape index (κ1) is 20.3. The van der Waals surface area contributed by atoms with E-state index in [4.69, 9.17) is 9.26 Å². The number of benzene rings is 2. The molecule has 1 fully saturated rings. The summed E-state index contributed by atoms with van der Waals surface area (Å²) in [4.78, 5) is 10.7. The van der Waals surface area contributed by atoms with Crippen LogP contribution in [0, 0.1) is 11.6 Å². The number of halogens is 2. The van der Waals surface area contributed by atoms with Crippen LogP contribution in [0.1, 0.15) is 12.0 Å². The average Bonchev–Trinajstić information content (AvgIpc) is 3.47. The molecule has 0 amide bonds. The van der Waals surface area contributed by atoms with Crippen LogP contribution in [0.25, 0.3) is 22.8 Å². The van der Waals surface area contributed by atoms with Gasteiger partial charge in [-0.05, 0) is 48.4 Å². The minimum absolute atomic E-state index is 0.0379. The molecule has 1 saturated heterocycles. The standard InChI is InChI=1S/C24H20F2N4O2/c25-20-6-5-16(13-21(20)26)14-30-12-9-18(15-30)31-22-4-2-1-3-19(22)24-28-23(29-32-24)17-7-10-27-11-8-17/h1-8,10-11,13,18H,9,12,14-15H2. The Hall–Kier alpha value is -3.65. The Morgan fingerprint density at radius 3 is 2.72 bits per heavy atom. The minimum atomic E-state index is -0.832.